The number of aryl methyl sites for hydroxylation is 2. The minimum absolute atomic E-state index is 0.0261. The Balaban J connectivity index is 0.694. The van der Waals surface area contributed by atoms with Crippen molar-refractivity contribution < 1.29 is 52.5 Å². The van der Waals surface area contributed by atoms with Crippen molar-refractivity contribution in [3.05, 3.63) is 122 Å². The highest BCUT2D eigenvalue weighted by Crippen LogP contribution is 2.35. The highest BCUT2D eigenvalue weighted by Gasteiger charge is 2.45. The molecular formula is C67H88FN13O11. The van der Waals surface area contributed by atoms with E-state index in [0.717, 1.165) is 68.8 Å². The zero-order valence-corrected chi connectivity index (χ0v) is 53.5. The summed E-state index contributed by atoms with van der Waals surface area (Å²) >= 11 is 0. The zero-order valence-electron chi connectivity index (χ0n) is 53.5. The maximum absolute atomic E-state index is 15.5. The van der Waals surface area contributed by atoms with Gasteiger partial charge in [-0.05, 0) is 110 Å². The summed E-state index contributed by atoms with van der Waals surface area (Å²) in [5.74, 6) is -2.63. The van der Waals surface area contributed by atoms with Gasteiger partial charge in [-0.3, -0.25) is 38.2 Å². The Morgan fingerprint density at radius 3 is 2.34 bits per heavy atom. The molecule has 24 nitrogen and oxygen atoms in total. The fraction of sp³-hybridized carbons (Fsp3) is 0.522. The van der Waals surface area contributed by atoms with Crippen LogP contribution in [0.3, 0.4) is 0 Å². The van der Waals surface area contributed by atoms with Crippen LogP contribution in [0, 0.1) is 17.1 Å². The molecule has 5 aromatic rings. The molecule has 9 rings (SSSR count). The zero-order chi connectivity index (χ0) is 65.6. The molecule has 2 aliphatic heterocycles. The Labute approximate surface area is 535 Å². The number of rotatable bonds is 27. The molecule has 3 aromatic heterocycles. The van der Waals surface area contributed by atoms with E-state index in [9.17, 15) is 38.7 Å². The van der Waals surface area contributed by atoms with E-state index in [1.165, 1.54) is 22.4 Å². The first-order chi connectivity index (χ1) is 44.2. The first kappa shape index (κ1) is 68.1. The largest absolute Gasteiger partial charge is 0.392 e. The number of nitrogens with zero attached hydrogens (tertiary/aromatic N) is 6. The number of ether oxygens (including phenoxy) is 3. The van der Waals surface area contributed by atoms with E-state index in [4.69, 9.17) is 19.6 Å². The van der Waals surface area contributed by atoms with E-state index in [2.05, 4.69) is 48.0 Å². The summed E-state index contributed by atoms with van der Waals surface area (Å²) in [6.45, 7) is 9.38. The van der Waals surface area contributed by atoms with E-state index in [-0.39, 0.29) is 147 Å². The number of likely N-dealkylation sites (tertiary alicyclic amines) is 1. The molecule has 0 bridgehead atoms. The van der Waals surface area contributed by atoms with Crippen molar-refractivity contribution in [1.82, 2.24) is 50.4 Å². The SMILES string of the molecule is CN[C@@H](C)C(=O)N[C@H](C(=O)N1C[C@@H](NC(=O)CCOCCOCCOCCC(=O)N2CCn3nc(Nc4cc(-c5ccnc(NC(=O)c6c(F)cc(C(C)(C)C)cc6C=N)c5CO)cn(C)c4=O)cc3C2)C[C@H]1C(=O)NC1CCCc2ccccc21)C1CCCCC1. The van der Waals surface area contributed by atoms with Gasteiger partial charge in [0.1, 0.15) is 29.4 Å². The van der Waals surface area contributed by atoms with Gasteiger partial charge in [0.2, 0.25) is 29.5 Å². The third kappa shape index (κ3) is 16.9. The summed E-state index contributed by atoms with van der Waals surface area (Å²) in [4.78, 5) is 104. The number of carbonyl (C=O) groups excluding carboxylic acids is 6. The number of likely N-dealkylation sites (N-methyl/N-ethyl adjacent to an activating group) is 1. The summed E-state index contributed by atoms with van der Waals surface area (Å²) in [7, 11) is 3.26. The van der Waals surface area contributed by atoms with Gasteiger partial charge >= 0.3 is 0 Å². The number of halogens is 1. The number of hydrogen-bond acceptors (Lipinski definition) is 16. The average Bonchev–Trinajstić information content (AvgIpc) is 1.25. The van der Waals surface area contributed by atoms with Crippen LogP contribution in [0.15, 0.2) is 71.8 Å². The van der Waals surface area contributed by atoms with Crippen LogP contribution in [-0.2, 0) is 76.8 Å². The van der Waals surface area contributed by atoms with Gasteiger partial charge < -0.3 is 71.0 Å². The minimum atomic E-state index is -0.850. The maximum Gasteiger partial charge on any atom is 0.274 e. The first-order valence-electron chi connectivity index (χ1n) is 32.0. The molecule has 5 atom stereocenters. The average molecular weight is 1270 g/mol. The second-order valence-electron chi connectivity index (χ2n) is 25.2. The number of hydrogen-bond donors (Lipinski definition) is 8. The van der Waals surface area contributed by atoms with Crippen LogP contribution in [0.25, 0.3) is 11.1 Å². The molecule has 1 saturated heterocycles. The van der Waals surface area contributed by atoms with E-state index < -0.39 is 47.9 Å². The van der Waals surface area contributed by atoms with Crippen molar-refractivity contribution >= 4 is 59.0 Å². The standard InChI is InChI=1S/C67H88FN13O11/c1-41(70-5)62(85)75-60(43-14-8-7-9-15-43)66(89)80-38-47(34-55(80)63(86)74-53-18-12-16-42-13-10-11-17-50(42)53)72-57(83)20-25-90-27-29-92-30-28-91-26-21-58(84)79-23-24-81-48(39-79)35-56(77-81)73-54-32-45(37-78(6)65(54)88)49-19-22-71-61(51(49)40-82)76-64(87)59-44(36-69)31-46(33-52(59)68)67(2,3)4/h10-11,13,17,19,22,31-33,35-37,41,43,47,53,55,60,69-70,82H,7-9,12,14-16,18,20-21,23-30,34,38-40H2,1-6H3,(H,72,83)(H,73,77)(H,74,86)(H,75,85)(H,71,76,87)/t41-,47-,53?,55-,60-/m0/s1. The van der Waals surface area contributed by atoms with Gasteiger partial charge in [-0.2, -0.15) is 5.10 Å². The van der Waals surface area contributed by atoms with Gasteiger partial charge in [-0.25, -0.2) is 9.37 Å². The Morgan fingerprint density at radius 2 is 1.62 bits per heavy atom. The van der Waals surface area contributed by atoms with Gasteiger partial charge in [0.15, 0.2) is 5.82 Å². The number of fused-ring (bicyclic) bond motifs is 2. The molecular weight excluding hydrogens is 1180 g/mol. The Bertz CT molecular complexity index is 3540. The number of aromatic nitrogens is 4. The van der Waals surface area contributed by atoms with Crippen molar-refractivity contribution in [2.45, 2.75) is 154 Å². The van der Waals surface area contributed by atoms with Crippen molar-refractivity contribution in [2.24, 2.45) is 13.0 Å². The van der Waals surface area contributed by atoms with Gasteiger partial charge in [0.05, 0.1) is 89.1 Å². The van der Waals surface area contributed by atoms with Crippen LogP contribution in [-0.4, -0.2) is 160 Å². The van der Waals surface area contributed by atoms with Crippen molar-refractivity contribution in [3.8, 4) is 11.1 Å². The molecule has 5 heterocycles. The predicted molar refractivity (Wildman–Crippen MR) is 344 cm³/mol. The quantitative estimate of drug-likeness (QED) is 0.0231. The van der Waals surface area contributed by atoms with Crippen LogP contribution in [0.1, 0.15) is 142 Å². The third-order valence-electron chi connectivity index (χ3n) is 17.8. The fourth-order valence-electron chi connectivity index (χ4n) is 12.6. The smallest absolute Gasteiger partial charge is 0.274 e. The molecule has 0 spiro atoms. The van der Waals surface area contributed by atoms with Gasteiger partial charge in [0.25, 0.3) is 11.5 Å². The number of aliphatic hydroxyl groups is 1. The summed E-state index contributed by atoms with van der Waals surface area (Å²) in [5, 5.41) is 41.2. The summed E-state index contributed by atoms with van der Waals surface area (Å²) in [5.41, 5.74) is 3.88. The lowest BCUT2D eigenvalue weighted by Crippen LogP contribution is -2.58. The van der Waals surface area contributed by atoms with Crippen LogP contribution in [0.2, 0.25) is 0 Å². The normalized spacial score (nSPS) is 18.1. The molecule has 1 saturated carbocycles. The Kier molecular flexibility index (Phi) is 23.3. The second-order valence-corrected chi connectivity index (χ2v) is 25.2. The molecule has 4 aliphatic rings. The second kappa shape index (κ2) is 31.4. The Morgan fingerprint density at radius 1 is 0.891 bits per heavy atom. The molecule has 92 heavy (non-hydrogen) atoms. The van der Waals surface area contributed by atoms with Crippen molar-refractivity contribution in [1.29, 1.82) is 5.41 Å². The van der Waals surface area contributed by atoms with Crippen LogP contribution >= 0.6 is 0 Å². The lowest BCUT2D eigenvalue weighted by Gasteiger charge is -2.35. The van der Waals surface area contributed by atoms with Crippen LogP contribution in [0.5, 0.6) is 0 Å². The number of carbonyl (C=O) groups is 6. The number of aliphatic hydroxyl groups excluding tert-OH is 1. The summed E-state index contributed by atoms with van der Waals surface area (Å²) in [6.07, 6.45) is 11.5. The van der Waals surface area contributed by atoms with Gasteiger partial charge in [0, 0.05) is 74.0 Å². The molecule has 494 valence electrons. The molecule has 8 N–H and O–H groups in total. The Hall–Kier alpha value is -8.23. The monoisotopic (exact) mass is 1270 g/mol. The van der Waals surface area contributed by atoms with Crippen LogP contribution in [0.4, 0.5) is 21.7 Å². The number of benzene rings is 2. The number of anilines is 3. The van der Waals surface area contributed by atoms with Gasteiger partial charge in [-0.1, -0.05) is 64.3 Å². The van der Waals surface area contributed by atoms with Gasteiger partial charge in [-0.15, -0.1) is 0 Å². The molecule has 0 radical (unpaired) electrons. The highest BCUT2D eigenvalue weighted by molar-refractivity contribution is 6.09. The number of pyridine rings is 2. The lowest BCUT2D eigenvalue weighted by molar-refractivity contribution is -0.143. The number of amides is 6. The molecule has 6 amide bonds. The third-order valence-corrected chi connectivity index (χ3v) is 17.8. The molecule has 2 aromatic carbocycles. The highest BCUT2D eigenvalue weighted by atomic mass is 19.1. The van der Waals surface area contributed by atoms with Crippen molar-refractivity contribution in [3.63, 3.8) is 0 Å². The summed E-state index contributed by atoms with van der Waals surface area (Å²) < 4.78 is 35.8. The van der Waals surface area contributed by atoms with E-state index >= 15 is 4.39 Å². The maximum atomic E-state index is 15.5. The molecule has 1 unspecified atom stereocenters. The minimum Gasteiger partial charge on any atom is -0.392 e. The first-order valence-corrected chi connectivity index (χ1v) is 32.0. The van der Waals surface area contributed by atoms with E-state index in [1.807, 2.05) is 39.0 Å². The summed E-state index contributed by atoms with van der Waals surface area (Å²) in [6, 6.07) is 13.1. The number of nitrogens with one attached hydrogen (secondary N) is 7. The molecule has 2 fully saturated rings. The fourth-order valence-corrected chi connectivity index (χ4v) is 12.6. The van der Waals surface area contributed by atoms with Crippen molar-refractivity contribution in [2.75, 3.05) is 70.4 Å². The topological polar surface area (TPSA) is 306 Å². The lowest BCUT2D eigenvalue weighted by atomic mass is 9.83. The van der Waals surface area contributed by atoms with Crippen LogP contribution < -0.4 is 37.5 Å². The van der Waals surface area contributed by atoms with E-state index in [0.29, 0.717) is 35.6 Å². The van der Waals surface area contributed by atoms with E-state index in [1.54, 1.807) is 66.0 Å². The molecule has 25 heteroatoms. The predicted octanol–water partition coefficient (Wildman–Crippen LogP) is 5.69. The molecule has 2 aliphatic carbocycles.